The Hall–Kier alpha value is -0.520. The van der Waals surface area contributed by atoms with E-state index in [2.05, 4.69) is 18.3 Å². The first-order chi connectivity index (χ1) is 8.66. The molecule has 0 saturated carbocycles. The Morgan fingerprint density at radius 2 is 2.39 bits per heavy atom. The first-order valence-corrected chi connectivity index (χ1v) is 8.19. The van der Waals surface area contributed by atoms with Gasteiger partial charge >= 0.3 is 0 Å². The Kier molecular flexibility index (Phi) is 3.38. The molecule has 1 aromatic rings. The maximum Gasteiger partial charge on any atom is 0.261 e. The molecule has 98 valence electrons. The molecule has 1 aromatic heterocycles. The van der Waals surface area contributed by atoms with Crippen molar-refractivity contribution >= 4 is 29.0 Å². The van der Waals surface area contributed by atoms with Gasteiger partial charge in [0.2, 0.25) is 0 Å². The molecular weight excluding hydrogens is 266 g/mol. The fourth-order valence-corrected chi connectivity index (χ4v) is 4.48. The molecule has 2 aliphatic rings. The molecule has 1 saturated heterocycles. The predicted molar refractivity (Wildman–Crippen MR) is 75.4 cm³/mol. The minimum absolute atomic E-state index is 0.0764. The van der Waals surface area contributed by atoms with Gasteiger partial charge in [0.25, 0.3) is 5.91 Å². The number of ether oxygens (including phenoxy) is 1. The molecule has 3 nitrogen and oxygen atoms in total. The van der Waals surface area contributed by atoms with Gasteiger partial charge < -0.3 is 10.1 Å². The van der Waals surface area contributed by atoms with E-state index in [9.17, 15) is 4.79 Å². The summed E-state index contributed by atoms with van der Waals surface area (Å²) in [6, 6.07) is 2.07. The molecular formula is C13H17NO2S2. The molecule has 1 N–H and O–H groups in total. The fraction of sp³-hybridized carbons (Fsp3) is 0.615. The molecule has 0 bridgehead atoms. The summed E-state index contributed by atoms with van der Waals surface area (Å²) in [4.78, 5) is 14.4. The number of carbonyl (C=O) groups excluding carboxylic acids is 1. The van der Waals surface area contributed by atoms with E-state index in [0.717, 1.165) is 30.3 Å². The molecule has 0 spiro atoms. The van der Waals surface area contributed by atoms with E-state index in [4.69, 9.17) is 4.74 Å². The number of amides is 1. The molecule has 2 aliphatic heterocycles. The van der Waals surface area contributed by atoms with Crippen LogP contribution in [0.4, 0.5) is 0 Å². The minimum atomic E-state index is 0.0764. The second kappa shape index (κ2) is 4.87. The number of aryl methyl sites for hydroxylation is 1. The van der Waals surface area contributed by atoms with Gasteiger partial charge in [0.15, 0.2) is 0 Å². The average molecular weight is 283 g/mol. The van der Waals surface area contributed by atoms with Crippen LogP contribution in [0, 0.1) is 5.41 Å². The number of thioether (sulfide) groups is 1. The second-order valence-electron chi connectivity index (χ2n) is 5.35. The second-order valence-corrected chi connectivity index (χ2v) is 7.59. The third-order valence-electron chi connectivity index (χ3n) is 3.43. The van der Waals surface area contributed by atoms with Crippen LogP contribution in [0.5, 0.6) is 0 Å². The predicted octanol–water partition coefficient (Wildman–Crippen LogP) is 2.30. The average Bonchev–Trinajstić information content (AvgIpc) is 2.77. The fourth-order valence-electron chi connectivity index (χ4n) is 2.19. The molecule has 0 aromatic carbocycles. The summed E-state index contributed by atoms with van der Waals surface area (Å²) in [5.74, 6) is 2.32. The SMILES string of the molecule is CC1(CNC(=O)c2cc3c(s2)CCSC3)COC1. The molecule has 3 heterocycles. The van der Waals surface area contributed by atoms with E-state index in [-0.39, 0.29) is 11.3 Å². The number of fused-ring (bicyclic) bond motifs is 1. The van der Waals surface area contributed by atoms with Crippen LogP contribution < -0.4 is 5.32 Å². The van der Waals surface area contributed by atoms with Gasteiger partial charge in [0.05, 0.1) is 18.1 Å². The zero-order valence-corrected chi connectivity index (χ0v) is 12.1. The summed E-state index contributed by atoms with van der Waals surface area (Å²) >= 11 is 3.61. The van der Waals surface area contributed by atoms with Crippen molar-refractivity contribution in [1.82, 2.24) is 5.32 Å². The molecule has 1 amide bonds. The minimum Gasteiger partial charge on any atom is -0.380 e. The summed E-state index contributed by atoms with van der Waals surface area (Å²) in [5, 5.41) is 3.04. The molecule has 0 aliphatic carbocycles. The number of hydrogen-bond acceptors (Lipinski definition) is 4. The van der Waals surface area contributed by atoms with Crippen molar-refractivity contribution in [3.63, 3.8) is 0 Å². The van der Waals surface area contributed by atoms with E-state index >= 15 is 0 Å². The van der Waals surface area contributed by atoms with E-state index < -0.39 is 0 Å². The van der Waals surface area contributed by atoms with E-state index in [1.54, 1.807) is 11.3 Å². The van der Waals surface area contributed by atoms with E-state index in [1.807, 2.05) is 11.8 Å². The lowest BCUT2D eigenvalue weighted by Crippen LogP contribution is -2.48. The number of rotatable bonds is 3. The Labute approximate surface area is 115 Å². The van der Waals surface area contributed by atoms with Gasteiger partial charge in [0, 0.05) is 22.6 Å². The molecule has 0 radical (unpaired) electrons. The van der Waals surface area contributed by atoms with Gasteiger partial charge in [0.1, 0.15) is 0 Å². The van der Waals surface area contributed by atoms with Crippen LogP contribution in [0.15, 0.2) is 6.07 Å². The molecule has 3 rings (SSSR count). The van der Waals surface area contributed by atoms with Gasteiger partial charge in [-0.05, 0) is 23.8 Å². The lowest BCUT2D eigenvalue weighted by molar-refractivity contribution is -0.0978. The van der Waals surface area contributed by atoms with Crippen LogP contribution in [-0.2, 0) is 16.9 Å². The van der Waals surface area contributed by atoms with Crippen LogP contribution in [0.1, 0.15) is 27.0 Å². The Morgan fingerprint density at radius 3 is 3.06 bits per heavy atom. The smallest absolute Gasteiger partial charge is 0.261 e. The van der Waals surface area contributed by atoms with Crippen LogP contribution in [0.25, 0.3) is 0 Å². The number of hydrogen-bond donors (Lipinski definition) is 1. The summed E-state index contributed by atoms with van der Waals surface area (Å²) in [5.41, 5.74) is 1.50. The third kappa shape index (κ3) is 2.44. The van der Waals surface area contributed by atoms with Crippen molar-refractivity contribution in [2.45, 2.75) is 19.1 Å². The maximum atomic E-state index is 12.1. The molecule has 0 atom stereocenters. The van der Waals surface area contributed by atoms with Crippen LogP contribution in [0.3, 0.4) is 0 Å². The van der Waals surface area contributed by atoms with Crippen molar-refractivity contribution in [3.05, 3.63) is 21.4 Å². The molecule has 18 heavy (non-hydrogen) atoms. The highest BCUT2D eigenvalue weighted by Gasteiger charge is 2.33. The van der Waals surface area contributed by atoms with Crippen molar-refractivity contribution in [1.29, 1.82) is 0 Å². The molecule has 5 heteroatoms. The molecule has 1 fully saturated rings. The van der Waals surface area contributed by atoms with Crippen molar-refractivity contribution in [2.75, 3.05) is 25.5 Å². The topological polar surface area (TPSA) is 38.3 Å². The largest absolute Gasteiger partial charge is 0.380 e. The first kappa shape index (κ1) is 12.5. The van der Waals surface area contributed by atoms with Gasteiger partial charge in [-0.25, -0.2) is 0 Å². The highest BCUT2D eigenvalue weighted by molar-refractivity contribution is 7.98. The summed E-state index contributed by atoms with van der Waals surface area (Å²) in [6.07, 6.45) is 1.11. The Morgan fingerprint density at radius 1 is 1.56 bits per heavy atom. The van der Waals surface area contributed by atoms with Crippen molar-refractivity contribution < 1.29 is 9.53 Å². The van der Waals surface area contributed by atoms with Crippen molar-refractivity contribution in [2.24, 2.45) is 5.41 Å². The zero-order chi connectivity index (χ0) is 12.6. The summed E-state index contributed by atoms with van der Waals surface area (Å²) in [7, 11) is 0. The first-order valence-electron chi connectivity index (χ1n) is 6.22. The van der Waals surface area contributed by atoms with Gasteiger partial charge in [-0.1, -0.05) is 6.92 Å². The lowest BCUT2D eigenvalue weighted by atomic mass is 9.89. The van der Waals surface area contributed by atoms with Crippen LogP contribution >= 0.6 is 23.1 Å². The summed E-state index contributed by atoms with van der Waals surface area (Å²) in [6.45, 7) is 4.37. The standard InChI is InChI=1S/C13H17NO2S2/c1-13(7-16-8-13)6-14-12(15)11-4-9-5-17-3-2-10(9)18-11/h4H,2-3,5-8H2,1H3,(H,14,15). The highest BCUT2D eigenvalue weighted by Crippen LogP contribution is 2.32. The van der Waals surface area contributed by atoms with Crippen LogP contribution in [0.2, 0.25) is 0 Å². The maximum absolute atomic E-state index is 12.1. The normalized spacial score (nSPS) is 20.9. The van der Waals surface area contributed by atoms with Crippen LogP contribution in [-0.4, -0.2) is 31.4 Å². The van der Waals surface area contributed by atoms with Crippen molar-refractivity contribution in [3.8, 4) is 0 Å². The molecule has 0 unspecified atom stereocenters. The Bertz CT molecular complexity index is 442. The third-order valence-corrected chi connectivity index (χ3v) is 5.67. The van der Waals surface area contributed by atoms with Gasteiger partial charge in [-0.3, -0.25) is 4.79 Å². The summed E-state index contributed by atoms with van der Waals surface area (Å²) < 4.78 is 5.19. The zero-order valence-electron chi connectivity index (χ0n) is 10.5. The van der Waals surface area contributed by atoms with E-state index in [1.165, 1.54) is 16.2 Å². The van der Waals surface area contributed by atoms with E-state index in [0.29, 0.717) is 6.54 Å². The number of carbonyl (C=O) groups is 1. The van der Waals surface area contributed by atoms with Gasteiger partial charge in [-0.15, -0.1) is 11.3 Å². The monoisotopic (exact) mass is 283 g/mol. The quantitative estimate of drug-likeness (QED) is 0.925. The number of thiophene rings is 1. The van der Waals surface area contributed by atoms with Gasteiger partial charge in [-0.2, -0.15) is 11.8 Å². The Balaban J connectivity index is 1.63. The lowest BCUT2D eigenvalue weighted by Gasteiger charge is -2.37. The highest BCUT2D eigenvalue weighted by atomic mass is 32.2. The number of nitrogens with one attached hydrogen (secondary N) is 1.